The van der Waals surface area contributed by atoms with E-state index in [1.165, 1.54) is 6.08 Å². The zero-order chi connectivity index (χ0) is 20.6. The van der Waals surface area contributed by atoms with Crippen molar-refractivity contribution in [2.75, 3.05) is 13.1 Å². The van der Waals surface area contributed by atoms with Crippen molar-refractivity contribution in [2.24, 2.45) is 0 Å². The fourth-order valence-corrected chi connectivity index (χ4v) is 3.78. The van der Waals surface area contributed by atoms with Gasteiger partial charge in [-0.3, -0.25) is 19.3 Å². The molecule has 2 N–H and O–H groups in total. The summed E-state index contributed by atoms with van der Waals surface area (Å²) in [5.41, 5.74) is 1.81. The Morgan fingerprint density at radius 2 is 2.07 bits per heavy atom. The standard InChI is InChI=1S/C20H19ClN4O3S/c21-15(10-14-4-2-1-3-5-14)11-17-19(27)25(20(28)29-17)9-7-18(26)23-8-6-16-12-22-13-24-16/h1-5,10-13H,6-9H2,(H,22,24)(H,23,26). The van der Waals surface area contributed by atoms with Gasteiger partial charge in [-0.2, -0.15) is 0 Å². The lowest BCUT2D eigenvalue weighted by Gasteiger charge is -2.12. The van der Waals surface area contributed by atoms with Crippen molar-refractivity contribution in [2.45, 2.75) is 12.8 Å². The normalized spacial score (nSPS) is 16.0. The van der Waals surface area contributed by atoms with Gasteiger partial charge in [0.25, 0.3) is 11.1 Å². The Balaban J connectivity index is 1.50. The van der Waals surface area contributed by atoms with Gasteiger partial charge in [0.05, 0.1) is 11.2 Å². The molecule has 0 radical (unpaired) electrons. The van der Waals surface area contributed by atoms with Gasteiger partial charge in [0.2, 0.25) is 5.91 Å². The average Bonchev–Trinajstić information content (AvgIpc) is 3.30. The third-order valence-corrected chi connectivity index (χ3v) is 5.21. The highest BCUT2D eigenvalue weighted by molar-refractivity contribution is 8.18. The molecule has 0 bridgehead atoms. The molecule has 7 nitrogen and oxygen atoms in total. The molecule has 3 rings (SSSR count). The molecule has 0 atom stereocenters. The molecule has 9 heteroatoms. The van der Waals surface area contributed by atoms with Gasteiger partial charge < -0.3 is 10.3 Å². The lowest BCUT2D eigenvalue weighted by molar-refractivity contribution is -0.124. The van der Waals surface area contributed by atoms with E-state index in [0.29, 0.717) is 18.0 Å². The first-order valence-corrected chi connectivity index (χ1v) is 10.1. The van der Waals surface area contributed by atoms with Gasteiger partial charge in [-0.25, -0.2) is 4.98 Å². The number of halogens is 1. The van der Waals surface area contributed by atoms with E-state index in [-0.39, 0.29) is 23.8 Å². The summed E-state index contributed by atoms with van der Waals surface area (Å²) in [6.07, 6.45) is 7.12. The van der Waals surface area contributed by atoms with Crippen molar-refractivity contribution in [3.63, 3.8) is 0 Å². The highest BCUT2D eigenvalue weighted by atomic mass is 35.5. The number of rotatable bonds is 8. The Bertz CT molecular complexity index is 942. The number of nitrogens with one attached hydrogen (secondary N) is 2. The highest BCUT2D eigenvalue weighted by Gasteiger charge is 2.35. The summed E-state index contributed by atoms with van der Waals surface area (Å²) in [6, 6.07) is 9.41. The van der Waals surface area contributed by atoms with Gasteiger partial charge in [0.1, 0.15) is 0 Å². The maximum Gasteiger partial charge on any atom is 0.293 e. The van der Waals surface area contributed by atoms with Crippen LogP contribution in [0.4, 0.5) is 4.79 Å². The summed E-state index contributed by atoms with van der Waals surface area (Å²) in [5, 5.41) is 2.70. The molecule has 0 spiro atoms. The number of aromatic nitrogens is 2. The number of H-pyrrole nitrogens is 1. The Labute approximate surface area is 177 Å². The van der Waals surface area contributed by atoms with Crippen molar-refractivity contribution in [3.8, 4) is 0 Å². The van der Waals surface area contributed by atoms with E-state index >= 15 is 0 Å². The van der Waals surface area contributed by atoms with Crippen molar-refractivity contribution >= 4 is 46.5 Å². The molecule has 0 aliphatic carbocycles. The average molecular weight is 431 g/mol. The smallest absolute Gasteiger partial charge is 0.293 e. The number of nitrogens with zero attached hydrogens (tertiary/aromatic N) is 2. The maximum absolute atomic E-state index is 12.5. The van der Waals surface area contributed by atoms with Gasteiger partial charge in [-0.15, -0.1) is 0 Å². The highest BCUT2D eigenvalue weighted by Crippen LogP contribution is 2.32. The molecule has 1 aliphatic rings. The van der Waals surface area contributed by atoms with Crippen LogP contribution in [0.1, 0.15) is 17.7 Å². The lowest BCUT2D eigenvalue weighted by Crippen LogP contribution is -2.34. The number of aromatic amines is 1. The fraction of sp³-hybridized carbons (Fsp3) is 0.200. The van der Waals surface area contributed by atoms with Crippen LogP contribution >= 0.6 is 23.4 Å². The van der Waals surface area contributed by atoms with Crippen LogP contribution in [0, 0.1) is 0 Å². The van der Waals surface area contributed by atoms with Crippen LogP contribution < -0.4 is 5.32 Å². The topological polar surface area (TPSA) is 95.2 Å². The molecule has 29 heavy (non-hydrogen) atoms. The van der Waals surface area contributed by atoms with Crippen molar-refractivity contribution < 1.29 is 14.4 Å². The number of hydrogen-bond acceptors (Lipinski definition) is 5. The van der Waals surface area contributed by atoms with E-state index in [1.54, 1.807) is 18.6 Å². The summed E-state index contributed by atoms with van der Waals surface area (Å²) in [6.45, 7) is 0.473. The van der Waals surface area contributed by atoms with Crippen LogP contribution in [0.5, 0.6) is 0 Å². The predicted molar refractivity (Wildman–Crippen MR) is 113 cm³/mol. The lowest BCUT2D eigenvalue weighted by atomic mass is 10.2. The second-order valence-electron chi connectivity index (χ2n) is 6.20. The largest absolute Gasteiger partial charge is 0.356 e. The zero-order valence-electron chi connectivity index (χ0n) is 15.4. The number of imidazole rings is 1. The van der Waals surface area contributed by atoms with Crippen LogP contribution in [0.3, 0.4) is 0 Å². The monoisotopic (exact) mass is 430 g/mol. The second kappa shape index (κ2) is 10.1. The Hall–Kier alpha value is -2.84. The number of amides is 3. The predicted octanol–water partition coefficient (Wildman–Crippen LogP) is 3.32. The Kier molecular flexibility index (Phi) is 7.26. The number of hydrogen-bond donors (Lipinski definition) is 2. The molecule has 1 aliphatic heterocycles. The summed E-state index contributed by atoms with van der Waals surface area (Å²) in [7, 11) is 0. The number of imide groups is 1. The van der Waals surface area contributed by atoms with Gasteiger partial charge in [0, 0.05) is 42.9 Å². The van der Waals surface area contributed by atoms with E-state index in [9.17, 15) is 14.4 Å². The number of benzene rings is 1. The minimum absolute atomic E-state index is 0.0257. The third-order valence-electron chi connectivity index (χ3n) is 4.08. The quantitative estimate of drug-likeness (QED) is 0.626. The first-order chi connectivity index (χ1) is 14.0. The van der Waals surface area contributed by atoms with Crippen LogP contribution in [-0.4, -0.2) is 45.0 Å². The van der Waals surface area contributed by atoms with E-state index in [0.717, 1.165) is 27.9 Å². The number of thioether (sulfide) groups is 1. The van der Waals surface area contributed by atoms with Gasteiger partial charge in [-0.1, -0.05) is 41.9 Å². The molecule has 1 saturated heterocycles. The molecule has 0 unspecified atom stereocenters. The molecule has 2 heterocycles. The van der Waals surface area contributed by atoms with Crippen molar-refractivity contribution in [1.29, 1.82) is 0 Å². The van der Waals surface area contributed by atoms with Crippen LogP contribution in [0.2, 0.25) is 0 Å². The van der Waals surface area contributed by atoms with E-state index in [4.69, 9.17) is 11.6 Å². The molecular weight excluding hydrogens is 412 g/mol. The molecule has 0 saturated carbocycles. The third kappa shape index (κ3) is 6.07. The first kappa shape index (κ1) is 20.9. The van der Waals surface area contributed by atoms with E-state index in [2.05, 4.69) is 15.3 Å². The summed E-state index contributed by atoms with van der Waals surface area (Å²) in [4.78, 5) is 44.7. The molecule has 150 valence electrons. The minimum atomic E-state index is -0.440. The van der Waals surface area contributed by atoms with Gasteiger partial charge in [-0.05, 0) is 29.5 Å². The Morgan fingerprint density at radius 1 is 1.28 bits per heavy atom. The molecule has 1 aromatic carbocycles. The maximum atomic E-state index is 12.5. The van der Waals surface area contributed by atoms with Gasteiger partial charge in [0.15, 0.2) is 0 Å². The summed E-state index contributed by atoms with van der Waals surface area (Å²) < 4.78 is 0. The van der Waals surface area contributed by atoms with E-state index in [1.807, 2.05) is 30.3 Å². The second-order valence-corrected chi connectivity index (χ2v) is 7.63. The molecule has 1 aromatic heterocycles. The van der Waals surface area contributed by atoms with Gasteiger partial charge >= 0.3 is 0 Å². The summed E-state index contributed by atoms with van der Waals surface area (Å²) in [5.74, 6) is -0.667. The van der Waals surface area contributed by atoms with Crippen LogP contribution in [0.15, 0.2) is 58.9 Å². The molecule has 1 fully saturated rings. The zero-order valence-corrected chi connectivity index (χ0v) is 17.0. The van der Waals surface area contributed by atoms with Crippen LogP contribution in [0.25, 0.3) is 6.08 Å². The fourth-order valence-electron chi connectivity index (χ4n) is 2.63. The number of allylic oxidation sites excluding steroid dienone is 2. The van der Waals surface area contributed by atoms with Crippen LogP contribution in [-0.2, 0) is 16.0 Å². The summed E-state index contributed by atoms with van der Waals surface area (Å²) >= 11 is 7.02. The minimum Gasteiger partial charge on any atom is -0.356 e. The number of carbonyl (C=O) groups excluding carboxylic acids is 3. The molecule has 3 amide bonds. The SMILES string of the molecule is O=C(CCN1C(=O)SC(=CC(Cl)=Cc2ccccc2)C1=O)NCCc1cnc[nH]1. The molecule has 2 aromatic rings. The first-order valence-electron chi connectivity index (χ1n) is 8.94. The molecular formula is C20H19ClN4O3S. The number of carbonyl (C=O) groups is 3. The van der Waals surface area contributed by atoms with Crippen molar-refractivity contribution in [3.05, 3.63) is 70.1 Å². The van der Waals surface area contributed by atoms with Crippen molar-refractivity contribution in [1.82, 2.24) is 20.2 Å². The van der Waals surface area contributed by atoms with E-state index < -0.39 is 11.1 Å². The Morgan fingerprint density at radius 3 is 2.79 bits per heavy atom.